The van der Waals surface area contributed by atoms with Crippen molar-refractivity contribution in [3.05, 3.63) is 71.3 Å². The number of nitrogens with zero attached hydrogens (tertiary/aromatic N) is 4. The number of rotatable bonds is 7. The first-order valence-corrected chi connectivity index (χ1v) is 11.7. The quantitative estimate of drug-likeness (QED) is 0.525. The minimum absolute atomic E-state index is 0.0143. The van der Waals surface area contributed by atoms with Crippen LogP contribution in [0.1, 0.15) is 48.4 Å². The molecule has 8 heteroatoms. The fraction of sp³-hybridized carbons (Fsp3) is 0.385. The number of piperazine rings is 1. The van der Waals surface area contributed by atoms with E-state index in [1.165, 1.54) is 17.7 Å². The van der Waals surface area contributed by atoms with E-state index in [4.69, 9.17) is 4.52 Å². The molecule has 2 heterocycles. The fourth-order valence-electron chi connectivity index (χ4n) is 4.16. The number of amides is 2. The largest absolute Gasteiger partial charge is 0.338 e. The molecule has 0 bridgehead atoms. The van der Waals surface area contributed by atoms with Crippen LogP contribution in [0.5, 0.6) is 0 Å². The summed E-state index contributed by atoms with van der Waals surface area (Å²) in [6.45, 7) is 5.45. The number of aryl methyl sites for hydroxylation is 1. The zero-order chi connectivity index (χ0) is 24.1. The van der Waals surface area contributed by atoms with Gasteiger partial charge in [0.15, 0.2) is 5.82 Å². The Hall–Kier alpha value is -3.55. The van der Waals surface area contributed by atoms with Gasteiger partial charge < -0.3 is 14.3 Å². The van der Waals surface area contributed by atoms with E-state index in [1.54, 1.807) is 17.0 Å². The molecular weight excluding hydrogens is 435 g/mol. The van der Waals surface area contributed by atoms with Crippen molar-refractivity contribution in [1.82, 2.24) is 19.9 Å². The number of halogens is 1. The Kier molecular flexibility index (Phi) is 7.35. The van der Waals surface area contributed by atoms with Crippen molar-refractivity contribution >= 4 is 11.8 Å². The molecule has 1 aromatic heterocycles. The lowest BCUT2D eigenvalue weighted by molar-refractivity contribution is -0.133. The molecule has 0 N–H and O–H groups in total. The summed E-state index contributed by atoms with van der Waals surface area (Å²) in [6.07, 6.45) is 3.28. The molecule has 178 valence electrons. The monoisotopic (exact) mass is 464 g/mol. The number of unbranched alkanes of at least 4 members (excludes halogenated alkanes) is 1. The highest BCUT2D eigenvalue weighted by Gasteiger charge is 2.30. The third-order valence-electron chi connectivity index (χ3n) is 6.11. The molecule has 1 saturated heterocycles. The van der Waals surface area contributed by atoms with Crippen molar-refractivity contribution in [2.45, 2.75) is 45.6 Å². The predicted octanol–water partition coefficient (Wildman–Crippen LogP) is 4.13. The van der Waals surface area contributed by atoms with E-state index in [0.717, 1.165) is 19.3 Å². The predicted molar refractivity (Wildman–Crippen MR) is 126 cm³/mol. The van der Waals surface area contributed by atoms with E-state index in [9.17, 15) is 14.0 Å². The maximum absolute atomic E-state index is 13.4. The number of benzene rings is 2. The van der Waals surface area contributed by atoms with Crippen LogP contribution < -0.4 is 0 Å². The van der Waals surface area contributed by atoms with E-state index < -0.39 is 5.82 Å². The average Bonchev–Trinajstić information content (AvgIpc) is 3.31. The first kappa shape index (κ1) is 23.6. The summed E-state index contributed by atoms with van der Waals surface area (Å²) < 4.78 is 18.6. The summed E-state index contributed by atoms with van der Waals surface area (Å²) in [4.78, 5) is 33.6. The van der Waals surface area contributed by atoms with E-state index in [2.05, 4.69) is 17.1 Å². The molecule has 4 rings (SSSR count). The Bertz CT molecular complexity index is 1140. The van der Waals surface area contributed by atoms with Crippen LogP contribution in [0.2, 0.25) is 0 Å². The molecule has 1 aliphatic rings. The molecule has 0 radical (unpaired) electrons. The molecule has 1 unspecified atom stereocenters. The smallest absolute Gasteiger partial charge is 0.258 e. The van der Waals surface area contributed by atoms with Gasteiger partial charge in [0.25, 0.3) is 11.8 Å². The third kappa shape index (κ3) is 5.50. The van der Waals surface area contributed by atoms with Gasteiger partial charge in [-0.15, -0.1) is 0 Å². The molecule has 34 heavy (non-hydrogen) atoms. The lowest BCUT2D eigenvalue weighted by Gasteiger charge is -2.40. The second-order valence-electron chi connectivity index (χ2n) is 8.69. The molecule has 0 spiro atoms. The Labute approximate surface area is 198 Å². The van der Waals surface area contributed by atoms with Crippen molar-refractivity contribution in [1.29, 1.82) is 0 Å². The van der Waals surface area contributed by atoms with Gasteiger partial charge >= 0.3 is 0 Å². The van der Waals surface area contributed by atoms with Crippen molar-refractivity contribution in [2.24, 2.45) is 0 Å². The first-order chi connectivity index (χ1) is 16.4. The summed E-state index contributed by atoms with van der Waals surface area (Å²) in [5, 5.41) is 3.86. The van der Waals surface area contributed by atoms with Gasteiger partial charge in [-0.05, 0) is 55.7 Å². The van der Waals surface area contributed by atoms with Crippen LogP contribution in [0.25, 0.3) is 11.5 Å². The molecular formula is C26H29FN4O3. The lowest BCUT2D eigenvalue weighted by Crippen LogP contribution is -2.55. The van der Waals surface area contributed by atoms with Crippen molar-refractivity contribution in [2.75, 3.05) is 19.6 Å². The Morgan fingerprint density at radius 1 is 1.15 bits per heavy atom. The van der Waals surface area contributed by atoms with Crippen LogP contribution in [-0.2, 0) is 17.6 Å². The van der Waals surface area contributed by atoms with Crippen LogP contribution in [0.15, 0.2) is 53.1 Å². The second-order valence-corrected chi connectivity index (χ2v) is 8.69. The summed E-state index contributed by atoms with van der Waals surface area (Å²) in [5.74, 6) is -0.127. The molecule has 2 amide bonds. The number of carbonyl (C=O) groups is 2. The zero-order valence-corrected chi connectivity index (χ0v) is 19.5. The lowest BCUT2D eigenvalue weighted by atomic mass is 10.0. The normalized spacial score (nSPS) is 16.0. The maximum Gasteiger partial charge on any atom is 0.258 e. The van der Waals surface area contributed by atoms with Gasteiger partial charge in [0.1, 0.15) is 5.82 Å². The highest BCUT2D eigenvalue weighted by molar-refractivity contribution is 5.94. The standard InChI is InChI=1S/C26H29FN4O3/c1-3-4-6-19-9-11-20(12-10-19)26(33)31-14-13-30(17-18(31)2)24(32)16-23-28-25(34-29-23)21-7-5-8-22(27)15-21/h5,7-12,15,18H,3-4,6,13-14,16-17H2,1-2H3. The molecule has 0 saturated carbocycles. The number of hydrogen-bond donors (Lipinski definition) is 0. The summed E-state index contributed by atoms with van der Waals surface area (Å²) >= 11 is 0. The van der Waals surface area contributed by atoms with Gasteiger partial charge in [-0.3, -0.25) is 9.59 Å². The summed E-state index contributed by atoms with van der Waals surface area (Å²) in [6, 6.07) is 13.6. The highest BCUT2D eigenvalue weighted by atomic mass is 19.1. The Balaban J connectivity index is 1.33. The van der Waals surface area contributed by atoms with Gasteiger partial charge in [0, 0.05) is 36.8 Å². The summed E-state index contributed by atoms with van der Waals surface area (Å²) in [5.41, 5.74) is 2.37. The van der Waals surface area contributed by atoms with Crippen LogP contribution in [0.4, 0.5) is 4.39 Å². The van der Waals surface area contributed by atoms with Crippen LogP contribution in [0.3, 0.4) is 0 Å². The molecule has 1 fully saturated rings. The minimum atomic E-state index is -0.401. The molecule has 0 aliphatic carbocycles. The summed E-state index contributed by atoms with van der Waals surface area (Å²) in [7, 11) is 0. The van der Waals surface area contributed by atoms with Crippen LogP contribution in [-0.4, -0.2) is 57.4 Å². The topological polar surface area (TPSA) is 79.5 Å². The highest BCUT2D eigenvalue weighted by Crippen LogP contribution is 2.19. The van der Waals surface area contributed by atoms with E-state index in [-0.39, 0.29) is 36.0 Å². The van der Waals surface area contributed by atoms with Crippen LogP contribution >= 0.6 is 0 Å². The third-order valence-corrected chi connectivity index (χ3v) is 6.11. The van der Waals surface area contributed by atoms with E-state index in [0.29, 0.717) is 30.8 Å². The molecule has 2 aromatic carbocycles. The number of aromatic nitrogens is 2. The van der Waals surface area contributed by atoms with Crippen molar-refractivity contribution in [3.63, 3.8) is 0 Å². The van der Waals surface area contributed by atoms with Gasteiger partial charge in [-0.25, -0.2) is 4.39 Å². The van der Waals surface area contributed by atoms with Crippen LogP contribution in [0, 0.1) is 5.82 Å². The van der Waals surface area contributed by atoms with Gasteiger partial charge in [-0.1, -0.05) is 36.7 Å². The molecule has 7 nitrogen and oxygen atoms in total. The molecule has 3 aromatic rings. The average molecular weight is 465 g/mol. The van der Waals surface area contributed by atoms with Gasteiger partial charge in [0.2, 0.25) is 5.91 Å². The van der Waals surface area contributed by atoms with Gasteiger partial charge in [0.05, 0.1) is 6.42 Å². The first-order valence-electron chi connectivity index (χ1n) is 11.7. The number of carbonyl (C=O) groups excluding carboxylic acids is 2. The number of hydrogen-bond acceptors (Lipinski definition) is 5. The molecule has 1 aliphatic heterocycles. The second kappa shape index (κ2) is 10.6. The van der Waals surface area contributed by atoms with Crippen molar-refractivity contribution < 1.29 is 18.5 Å². The van der Waals surface area contributed by atoms with E-state index in [1.807, 2.05) is 36.1 Å². The Morgan fingerprint density at radius 2 is 1.94 bits per heavy atom. The van der Waals surface area contributed by atoms with Crippen molar-refractivity contribution in [3.8, 4) is 11.5 Å². The molecule has 1 atom stereocenters. The maximum atomic E-state index is 13.4. The van der Waals surface area contributed by atoms with E-state index >= 15 is 0 Å². The fourth-order valence-corrected chi connectivity index (χ4v) is 4.16. The van der Waals surface area contributed by atoms with Gasteiger partial charge in [-0.2, -0.15) is 4.98 Å². The zero-order valence-electron chi connectivity index (χ0n) is 19.5. The minimum Gasteiger partial charge on any atom is -0.338 e. The SMILES string of the molecule is CCCCc1ccc(C(=O)N2CCN(C(=O)Cc3noc(-c4cccc(F)c4)n3)CC2C)cc1. The Morgan fingerprint density at radius 3 is 2.65 bits per heavy atom.